The van der Waals surface area contributed by atoms with Gasteiger partial charge in [-0.3, -0.25) is 4.98 Å². The van der Waals surface area contributed by atoms with Crippen LogP contribution in [0.1, 0.15) is 5.69 Å². The average molecular weight is 245 g/mol. The number of rotatable bonds is 1. The van der Waals surface area contributed by atoms with Crippen molar-refractivity contribution < 1.29 is 13.2 Å². The molecule has 17 heavy (non-hydrogen) atoms. The number of pyridine rings is 1. The molecule has 1 atom stereocenters. The van der Waals surface area contributed by atoms with Crippen LogP contribution in [0, 0.1) is 6.92 Å². The van der Waals surface area contributed by atoms with Crippen LogP contribution in [0.2, 0.25) is 0 Å². The molecule has 1 aromatic heterocycles. The first-order valence-electron chi connectivity index (χ1n) is 5.45. The third-order valence-corrected chi connectivity index (χ3v) is 2.85. The normalized spacial score (nSPS) is 21.6. The summed E-state index contributed by atoms with van der Waals surface area (Å²) in [5.74, 6) is 0. The highest BCUT2D eigenvalue weighted by Crippen LogP contribution is 2.29. The van der Waals surface area contributed by atoms with Gasteiger partial charge < -0.3 is 10.2 Å². The van der Waals surface area contributed by atoms with Crippen LogP contribution in [0.4, 0.5) is 18.9 Å². The van der Waals surface area contributed by atoms with Crippen molar-refractivity contribution in [3.63, 3.8) is 0 Å². The lowest BCUT2D eigenvalue weighted by Gasteiger charge is -2.38. The number of nitrogens with one attached hydrogen (secondary N) is 1. The summed E-state index contributed by atoms with van der Waals surface area (Å²) < 4.78 is 38.6. The molecule has 0 bridgehead atoms. The number of anilines is 1. The molecule has 2 heterocycles. The molecule has 6 heteroatoms. The molecular weight excluding hydrogens is 231 g/mol. The third-order valence-electron chi connectivity index (χ3n) is 2.85. The van der Waals surface area contributed by atoms with Gasteiger partial charge in [0.2, 0.25) is 0 Å². The summed E-state index contributed by atoms with van der Waals surface area (Å²) in [5, 5.41) is 2.77. The molecular formula is C11H14F3N3. The molecule has 2 rings (SSSR count). The van der Waals surface area contributed by atoms with Gasteiger partial charge >= 0.3 is 6.18 Å². The molecule has 1 aromatic rings. The van der Waals surface area contributed by atoms with E-state index in [0.29, 0.717) is 18.8 Å². The fourth-order valence-corrected chi connectivity index (χ4v) is 1.94. The molecule has 0 unspecified atom stereocenters. The van der Waals surface area contributed by atoms with Gasteiger partial charge in [0.05, 0.1) is 11.9 Å². The van der Waals surface area contributed by atoms with Gasteiger partial charge in [0.15, 0.2) is 0 Å². The second kappa shape index (κ2) is 4.52. The van der Waals surface area contributed by atoms with Gasteiger partial charge in [-0.15, -0.1) is 0 Å². The minimum atomic E-state index is -4.22. The Morgan fingerprint density at radius 2 is 2.18 bits per heavy atom. The molecule has 0 aromatic carbocycles. The Morgan fingerprint density at radius 3 is 2.76 bits per heavy atom. The highest BCUT2D eigenvalue weighted by Gasteiger charge is 2.44. The lowest BCUT2D eigenvalue weighted by molar-refractivity contribution is -0.149. The van der Waals surface area contributed by atoms with E-state index in [1.165, 1.54) is 11.1 Å². The maximum absolute atomic E-state index is 12.9. The van der Waals surface area contributed by atoms with Crippen LogP contribution in [-0.2, 0) is 0 Å². The Morgan fingerprint density at radius 1 is 1.41 bits per heavy atom. The maximum atomic E-state index is 12.9. The van der Waals surface area contributed by atoms with Crippen LogP contribution in [0.5, 0.6) is 0 Å². The van der Waals surface area contributed by atoms with E-state index in [1.54, 1.807) is 12.1 Å². The summed E-state index contributed by atoms with van der Waals surface area (Å²) >= 11 is 0. The first kappa shape index (κ1) is 12.2. The minimum absolute atomic E-state index is 0.0720. The van der Waals surface area contributed by atoms with Gasteiger partial charge in [0.25, 0.3) is 0 Å². The van der Waals surface area contributed by atoms with Gasteiger partial charge in [-0.2, -0.15) is 13.2 Å². The second-order valence-electron chi connectivity index (χ2n) is 4.11. The van der Waals surface area contributed by atoms with E-state index in [9.17, 15) is 13.2 Å². The number of hydrogen-bond donors (Lipinski definition) is 1. The molecule has 0 spiro atoms. The number of alkyl halides is 3. The highest BCUT2D eigenvalue weighted by atomic mass is 19.4. The average Bonchev–Trinajstić information content (AvgIpc) is 2.29. The van der Waals surface area contributed by atoms with Crippen LogP contribution < -0.4 is 10.2 Å². The Hall–Kier alpha value is -1.30. The van der Waals surface area contributed by atoms with Crippen molar-refractivity contribution in [3.8, 4) is 0 Å². The Bertz CT molecular complexity index is 375. The minimum Gasteiger partial charge on any atom is -0.356 e. The SMILES string of the molecule is Cc1ccc(N2CCNC[C@H]2C(F)(F)F)cn1. The van der Waals surface area contributed by atoms with Crippen molar-refractivity contribution >= 4 is 5.69 Å². The van der Waals surface area contributed by atoms with E-state index in [2.05, 4.69) is 10.3 Å². The molecule has 94 valence electrons. The van der Waals surface area contributed by atoms with Gasteiger partial charge in [-0.25, -0.2) is 0 Å². The summed E-state index contributed by atoms with van der Waals surface area (Å²) in [6, 6.07) is 1.94. The lowest BCUT2D eigenvalue weighted by Crippen LogP contribution is -2.58. The summed E-state index contributed by atoms with van der Waals surface area (Å²) in [4.78, 5) is 5.41. The zero-order chi connectivity index (χ0) is 12.5. The van der Waals surface area contributed by atoms with Crippen molar-refractivity contribution in [3.05, 3.63) is 24.0 Å². The smallest absolute Gasteiger partial charge is 0.356 e. The van der Waals surface area contributed by atoms with Crippen molar-refractivity contribution in [1.29, 1.82) is 0 Å². The van der Waals surface area contributed by atoms with Crippen molar-refractivity contribution in [2.75, 3.05) is 24.5 Å². The van der Waals surface area contributed by atoms with Crippen molar-refractivity contribution in [2.45, 2.75) is 19.1 Å². The molecule has 1 aliphatic rings. The van der Waals surface area contributed by atoms with Crippen molar-refractivity contribution in [2.24, 2.45) is 0 Å². The highest BCUT2D eigenvalue weighted by molar-refractivity contribution is 5.46. The fourth-order valence-electron chi connectivity index (χ4n) is 1.94. The van der Waals surface area contributed by atoms with E-state index in [0.717, 1.165) is 5.69 Å². The van der Waals surface area contributed by atoms with Crippen molar-refractivity contribution in [1.82, 2.24) is 10.3 Å². The number of piperazine rings is 1. The number of halogens is 3. The van der Waals surface area contributed by atoms with Gasteiger partial charge in [-0.1, -0.05) is 0 Å². The van der Waals surface area contributed by atoms with E-state index in [1.807, 2.05) is 6.92 Å². The number of hydrogen-bond acceptors (Lipinski definition) is 3. The Labute approximate surface area is 97.6 Å². The monoisotopic (exact) mass is 245 g/mol. The van der Waals surface area contributed by atoms with Gasteiger partial charge in [-0.05, 0) is 19.1 Å². The predicted molar refractivity (Wildman–Crippen MR) is 59.0 cm³/mol. The maximum Gasteiger partial charge on any atom is 0.409 e. The molecule has 0 saturated carbocycles. The third kappa shape index (κ3) is 2.69. The zero-order valence-corrected chi connectivity index (χ0v) is 9.46. The molecule has 1 fully saturated rings. The lowest BCUT2D eigenvalue weighted by atomic mass is 10.1. The van der Waals surface area contributed by atoms with E-state index >= 15 is 0 Å². The molecule has 0 amide bonds. The summed E-state index contributed by atoms with van der Waals surface area (Å²) in [5.41, 5.74) is 1.33. The zero-order valence-electron chi connectivity index (χ0n) is 9.46. The topological polar surface area (TPSA) is 28.2 Å². The summed E-state index contributed by atoms with van der Waals surface area (Å²) in [7, 11) is 0. The number of aryl methyl sites for hydroxylation is 1. The van der Waals surface area contributed by atoms with E-state index < -0.39 is 12.2 Å². The molecule has 0 radical (unpaired) electrons. The van der Waals surface area contributed by atoms with Crippen LogP contribution in [0.25, 0.3) is 0 Å². The van der Waals surface area contributed by atoms with Crippen LogP contribution >= 0.6 is 0 Å². The standard InChI is InChI=1S/C11H14F3N3/c1-8-2-3-9(6-16-8)17-5-4-15-7-10(17)11(12,13)14/h2-3,6,10,15H,4-5,7H2,1H3/t10-/m0/s1. The fraction of sp³-hybridized carbons (Fsp3) is 0.545. The van der Waals surface area contributed by atoms with Crippen LogP contribution in [0.3, 0.4) is 0 Å². The largest absolute Gasteiger partial charge is 0.409 e. The van der Waals surface area contributed by atoms with Gasteiger partial charge in [0, 0.05) is 25.3 Å². The summed E-state index contributed by atoms with van der Waals surface area (Å²) in [6.45, 7) is 2.63. The van der Waals surface area contributed by atoms with Crippen LogP contribution in [-0.4, -0.2) is 36.8 Å². The molecule has 1 saturated heterocycles. The molecule has 1 N–H and O–H groups in total. The number of aromatic nitrogens is 1. The summed E-state index contributed by atoms with van der Waals surface area (Å²) in [6.07, 6.45) is -2.72. The quantitative estimate of drug-likeness (QED) is 0.816. The van der Waals surface area contributed by atoms with Gasteiger partial charge in [0.1, 0.15) is 6.04 Å². The van der Waals surface area contributed by atoms with E-state index in [-0.39, 0.29) is 6.54 Å². The Balaban J connectivity index is 2.25. The predicted octanol–water partition coefficient (Wildman–Crippen LogP) is 1.73. The first-order chi connectivity index (χ1) is 7.98. The first-order valence-corrected chi connectivity index (χ1v) is 5.45. The second-order valence-corrected chi connectivity index (χ2v) is 4.11. The molecule has 3 nitrogen and oxygen atoms in total. The number of nitrogens with zero attached hydrogens (tertiary/aromatic N) is 2. The van der Waals surface area contributed by atoms with E-state index in [4.69, 9.17) is 0 Å². The molecule has 1 aliphatic heterocycles. The Kier molecular flexibility index (Phi) is 3.24. The molecule has 0 aliphatic carbocycles. The van der Waals surface area contributed by atoms with Crippen LogP contribution in [0.15, 0.2) is 18.3 Å².